The molecular weight excluding hydrogens is 265 g/mol. The van der Waals surface area contributed by atoms with Crippen molar-refractivity contribution in [3.05, 3.63) is 53.1 Å². The van der Waals surface area contributed by atoms with Crippen LogP contribution in [0.1, 0.15) is 36.2 Å². The number of aromatic nitrogens is 2. The summed E-state index contributed by atoms with van der Waals surface area (Å²) in [6.45, 7) is 6.06. The minimum atomic E-state index is -0.185. The van der Waals surface area contributed by atoms with E-state index in [0.717, 1.165) is 31.6 Å². The van der Waals surface area contributed by atoms with E-state index < -0.39 is 0 Å². The molecule has 114 valence electrons. The average Bonchev–Trinajstić information content (AvgIpc) is 2.77. The van der Waals surface area contributed by atoms with Crippen LogP contribution in [0.4, 0.5) is 4.39 Å². The summed E-state index contributed by atoms with van der Waals surface area (Å²) >= 11 is 0. The van der Waals surface area contributed by atoms with Crippen molar-refractivity contribution < 1.29 is 4.39 Å². The fourth-order valence-electron chi connectivity index (χ4n) is 2.60. The Bertz CT molecular complexity index is 560. The Morgan fingerprint density at radius 3 is 2.57 bits per heavy atom. The summed E-state index contributed by atoms with van der Waals surface area (Å²) in [5, 5.41) is 7.88. The molecule has 1 N–H and O–H groups in total. The molecule has 0 saturated carbocycles. The summed E-state index contributed by atoms with van der Waals surface area (Å²) in [6.07, 6.45) is 2.01. The highest BCUT2D eigenvalue weighted by Crippen LogP contribution is 2.21. The first-order valence-corrected chi connectivity index (χ1v) is 7.56. The van der Waals surface area contributed by atoms with Gasteiger partial charge in [0.2, 0.25) is 0 Å². The maximum absolute atomic E-state index is 13.1. The molecule has 2 rings (SSSR count). The van der Waals surface area contributed by atoms with Crippen LogP contribution >= 0.6 is 0 Å². The molecule has 1 heterocycles. The predicted octanol–water partition coefficient (Wildman–Crippen LogP) is 3.19. The molecule has 0 aliphatic carbocycles. The molecule has 0 aliphatic heterocycles. The Morgan fingerprint density at radius 1 is 1.29 bits per heavy atom. The molecule has 1 atom stereocenters. The first kappa shape index (κ1) is 15.7. The Morgan fingerprint density at radius 2 is 2.00 bits per heavy atom. The van der Waals surface area contributed by atoms with Crippen LogP contribution in [0.25, 0.3) is 0 Å². The van der Waals surface area contributed by atoms with E-state index in [9.17, 15) is 4.39 Å². The van der Waals surface area contributed by atoms with Gasteiger partial charge in [-0.15, -0.1) is 0 Å². The Labute approximate surface area is 126 Å². The van der Waals surface area contributed by atoms with Crippen LogP contribution in [0, 0.1) is 12.7 Å². The van der Waals surface area contributed by atoms with Crippen molar-refractivity contribution in [3.8, 4) is 0 Å². The lowest BCUT2D eigenvalue weighted by Gasteiger charge is -2.18. The minimum Gasteiger partial charge on any atom is -0.316 e. The van der Waals surface area contributed by atoms with E-state index in [-0.39, 0.29) is 5.82 Å². The van der Waals surface area contributed by atoms with Gasteiger partial charge in [0, 0.05) is 25.2 Å². The third-order valence-electron chi connectivity index (χ3n) is 3.71. The summed E-state index contributed by atoms with van der Waals surface area (Å²) in [4.78, 5) is 0. The lowest BCUT2D eigenvalue weighted by molar-refractivity contribution is 0.555. The van der Waals surface area contributed by atoms with E-state index in [1.165, 1.54) is 23.4 Å². The van der Waals surface area contributed by atoms with Crippen molar-refractivity contribution in [1.29, 1.82) is 0 Å². The van der Waals surface area contributed by atoms with E-state index in [2.05, 4.69) is 23.4 Å². The number of benzene rings is 1. The van der Waals surface area contributed by atoms with Gasteiger partial charge in [-0.2, -0.15) is 5.10 Å². The molecule has 3 nitrogen and oxygen atoms in total. The van der Waals surface area contributed by atoms with Gasteiger partial charge < -0.3 is 5.32 Å². The molecule has 1 unspecified atom stereocenters. The number of hydrogen-bond acceptors (Lipinski definition) is 2. The van der Waals surface area contributed by atoms with Gasteiger partial charge in [-0.25, -0.2) is 4.39 Å². The van der Waals surface area contributed by atoms with Crippen LogP contribution in [0.5, 0.6) is 0 Å². The second-order valence-corrected chi connectivity index (χ2v) is 5.56. The zero-order valence-corrected chi connectivity index (χ0v) is 13.1. The number of nitrogens with one attached hydrogen (secondary N) is 1. The van der Waals surface area contributed by atoms with Gasteiger partial charge in [0.15, 0.2) is 0 Å². The standard InChI is InChI=1S/C17H24FN3/c1-4-9-19-12-15(14-5-7-16(18)8-6-14)11-17-10-13(2)20-21(17)3/h5-8,10,15,19H,4,9,11-12H2,1-3H3. The van der Waals surface area contributed by atoms with Crippen LogP contribution < -0.4 is 5.32 Å². The molecule has 21 heavy (non-hydrogen) atoms. The maximum atomic E-state index is 13.1. The van der Waals surface area contributed by atoms with Crippen LogP contribution in [0.15, 0.2) is 30.3 Å². The summed E-state index contributed by atoms with van der Waals surface area (Å²) in [5.41, 5.74) is 3.41. The van der Waals surface area contributed by atoms with E-state index in [1.807, 2.05) is 30.8 Å². The van der Waals surface area contributed by atoms with Gasteiger partial charge in [0.1, 0.15) is 5.82 Å². The molecule has 0 radical (unpaired) electrons. The smallest absolute Gasteiger partial charge is 0.123 e. The second kappa shape index (κ2) is 7.36. The molecule has 0 amide bonds. The van der Waals surface area contributed by atoms with E-state index in [1.54, 1.807) is 0 Å². The summed E-state index contributed by atoms with van der Waals surface area (Å²) < 4.78 is 15.1. The first-order valence-electron chi connectivity index (χ1n) is 7.56. The third-order valence-corrected chi connectivity index (χ3v) is 3.71. The van der Waals surface area contributed by atoms with E-state index >= 15 is 0 Å². The monoisotopic (exact) mass is 289 g/mol. The number of aryl methyl sites for hydroxylation is 2. The number of rotatable bonds is 7. The third kappa shape index (κ3) is 4.39. The van der Waals surface area contributed by atoms with Gasteiger partial charge in [0.25, 0.3) is 0 Å². The lowest BCUT2D eigenvalue weighted by Crippen LogP contribution is -2.24. The van der Waals surface area contributed by atoms with Gasteiger partial charge in [-0.3, -0.25) is 4.68 Å². The fourth-order valence-corrected chi connectivity index (χ4v) is 2.60. The number of halogens is 1. The quantitative estimate of drug-likeness (QED) is 0.793. The lowest BCUT2D eigenvalue weighted by atomic mass is 9.94. The SMILES string of the molecule is CCCNCC(Cc1cc(C)nn1C)c1ccc(F)cc1. The topological polar surface area (TPSA) is 29.9 Å². The van der Waals surface area contributed by atoms with Crippen molar-refractivity contribution in [3.63, 3.8) is 0 Å². The highest BCUT2D eigenvalue weighted by molar-refractivity contribution is 5.23. The Balaban J connectivity index is 2.15. The zero-order valence-electron chi connectivity index (χ0n) is 13.1. The van der Waals surface area contributed by atoms with Crippen molar-refractivity contribution in [2.24, 2.45) is 7.05 Å². The summed E-state index contributed by atoms with van der Waals surface area (Å²) in [5.74, 6) is 0.141. The van der Waals surface area contributed by atoms with Crippen molar-refractivity contribution >= 4 is 0 Å². The van der Waals surface area contributed by atoms with Gasteiger partial charge in [-0.1, -0.05) is 19.1 Å². The molecule has 1 aromatic carbocycles. The zero-order chi connectivity index (χ0) is 15.2. The highest BCUT2D eigenvalue weighted by atomic mass is 19.1. The Kier molecular flexibility index (Phi) is 5.51. The molecule has 0 saturated heterocycles. The largest absolute Gasteiger partial charge is 0.316 e. The molecule has 0 aliphatic rings. The molecule has 0 bridgehead atoms. The molecule has 2 aromatic rings. The highest BCUT2D eigenvalue weighted by Gasteiger charge is 2.15. The number of nitrogens with zero attached hydrogens (tertiary/aromatic N) is 2. The Hall–Kier alpha value is -1.68. The first-order chi connectivity index (χ1) is 10.1. The molecule has 0 spiro atoms. The average molecular weight is 289 g/mol. The normalized spacial score (nSPS) is 12.6. The summed E-state index contributed by atoms with van der Waals surface area (Å²) in [6, 6.07) is 8.97. The van der Waals surface area contributed by atoms with Crippen molar-refractivity contribution in [2.75, 3.05) is 13.1 Å². The van der Waals surface area contributed by atoms with Gasteiger partial charge in [-0.05, 0) is 50.1 Å². The predicted molar refractivity (Wildman–Crippen MR) is 84.0 cm³/mol. The van der Waals surface area contributed by atoms with Gasteiger partial charge in [0.05, 0.1) is 5.69 Å². The van der Waals surface area contributed by atoms with Crippen LogP contribution in [0.3, 0.4) is 0 Å². The minimum absolute atomic E-state index is 0.185. The van der Waals surface area contributed by atoms with Gasteiger partial charge >= 0.3 is 0 Å². The maximum Gasteiger partial charge on any atom is 0.123 e. The van der Waals surface area contributed by atoms with Crippen molar-refractivity contribution in [1.82, 2.24) is 15.1 Å². The second-order valence-electron chi connectivity index (χ2n) is 5.56. The van der Waals surface area contributed by atoms with Crippen LogP contribution in [-0.2, 0) is 13.5 Å². The van der Waals surface area contributed by atoms with E-state index in [4.69, 9.17) is 0 Å². The van der Waals surface area contributed by atoms with E-state index in [0.29, 0.717) is 5.92 Å². The molecule has 0 fully saturated rings. The molecular formula is C17H24FN3. The summed E-state index contributed by atoms with van der Waals surface area (Å²) in [7, 11) is 1.98. The molecule has 4 heteroatoms. The van der Waals surface area contributed by atoms with Crippen LogP contribution in [-0.4, -0.2) is 22.9 Å². The number of hydrogen-bond donors (Lipinski definition) is 1. The molecule has 1 aromatic heterocycles. The fraction of sp³-hybridized carbons (Fsp3) is 0.471. The van der Waals surface area contributed by atoms with Crippen LogP contribution in [0.2, 0.25) is 0 Å². The van der Waals surface area contributed by atoms with Crippen molar-refractivity contribution in [2.45, 2.75) is 32.6 Å².